The zero-order valence-corrected chi connectivity index (χ0v) is 14.0. The number of hydrogen-bond donors (Lipinski definition) is 1. The Balaban J connectivity index is 2.21. The normalized spacial score (nSPS) is 13.9. The van der Waals surface area contributed by atoms with Crippen molar-refractivity contribution in [2.75, 3.05) is 6.54 Å². The van der Waals surface area contributed by atoms with Gasteiger partial charge in [0, 0.05) is 10.5 Å². The summed E-state index contributed by atoms with van der Waals surface area (Å²) < 4.78 is 14.4. The summed E-state index contributed by atoms with van der Waals surface area (Å²) in [7, 11) is 0. The Hall–Kier alpha value is -1.19. The number of rotatable bonds is 6. The van der Waals surface area contributed by atoms with Gasteiger partial charge in [-0.25, -0.2) is 4.39 Å². The highest BCUT2D eigenvalue weighted by Gasteiger charge is 2.19. The van der Waals surface area contributed by atoms with Gasteiger partial charge in [-0.3, -0.25) is 0 Å². The molecule has 0 spiro atoms. The van der Waals surface area contributed by atoms with Crippen molar-refractivity contribution in [2.45, 2.75) is 32.2 Å². The Morgan fingerprint density at radius 3 is 2.52 bits per heavy atom. The monoisotopic (exact) mass is 349 g/mol. The van der Waals surface area contributed by atoms with Crippen molar-refractivity contribution in [2.24, 2.45) is 0 Å². The van der Waals surface area contributed by atoms with Crippen molar-refractivity contribution in [3.05, 3.63) is 69.9 Å². The van der Waals surface area contributed by atoms with Gasteiger partial charge < -0.3 is 5.32 Å². The molecule has 2 atom stereocenters. The van der Waals surface area contributed by atoms with Gasteiger partial charge in [0.25, 0.3) is 0 Å². The first-order valence-electron chi connectivity index (χ1n) is 7.34. The average Bonchev–Trinajstić information content (AvgIpc) is 2.50. The van der Waals surface area contributed by atoms with Crippen molar-refractivity contribution in [3.63, 3.8) is 0 Å². The molecular formula is C18H21BrFN. The fourth-order valence-corrected chi connectivity index (χ4v) is 3.02. The lowest BCUT2D eigenvalue weighted by Gasteiger charge is -2.26. The largest absolute Gasteiger partial charge is 0.313 e. The summed E-state index contributed by atoms with van der Waals surface area (Å²) in [6.45, 7) is 5.22. The molecule has 0 saturated carbocycles. The summed E-state index contributed by atoms with van der Waals surface area (Å²) in [6.07, 6.45) is 0.794. The van der Waals surface area contributed by atoms with Crippen LogP contribution in [0.3, 0.4) is 0 Å². The molecule has 21 heavy (non-hydrogen) atoms. The van der Waals surface area contributed by atoms with E-state index in [1.807, 2.05) is 6.07 Å². The van der Waals surface area contributed by atoms with E-state index in [1.165, 1.54) is 11.6 Å². The molecule has 3 heteroatoms. The molecule has 0 aliphatic carbocycles. The summed E-state index contributed by atoms with van der Waals surface area (Å²) in [6, 6.07) is 15.6. The van der Waals surface area contributed by atoms with E-state index in [1.54, 1.807) is 12.1 Å². The van der Waals surface area contributed by atoms with Crippen molar-refractivity contribution in [3.8, 4) is 0 Å². The van der Waals surface area contributed by atoms with E-state index in [4.69, 9.17) is 0 Å². The number of nitrogens with one attached hydrogen (secondary N) is 1. The minimum absolute atomic E-state index is 0.184. The van der Waals surface area contributed by atoms with Crippen LogP contribution in [-0.4, -0.2) is 12.6 Å². The topological polar surface area (TPSA) is 12.0 Å². The molecule has 0 aliphatic heterocycles. The van der Waals surface area contributed by atoms with Crippen LogP contribution in [-0.2, 0) is 6.42 Å². The summed E-state index contributed by atoms with van der Waals surface area (Å²) in [5.74, 6) is 0.178. The summed E-state index contributed by atoms with van der Waals surface area (Å²) >= 11 is 3.52. The molecule has 0 amide bonds. The second-order valence-corrected chi connectivity index (χ2v) is 6.16. The molecule has 2 aromatic rings. The van der Waals surface area contributed by atoms with Crippen LogP contribution >= 0.6 is 15.9 Å². The third kappa shape index (κ3) is 4.39. The van der Waals surface area contributed by atoms with E-state index in [0.717, 1.165) is 23.0 Å². The summed E-state index contributed by atoms with van der Waals surface area (Å²) in [5.41, 5.74) is 2.31. The maximum Gasteiger partial charge on any atom is 0.123 e. The standard InChI is InChI=1S/C18H21BrFN/c1-3-21-18(13(2)14-7-5-4-6-8-14)12-15-11-16(20)9-10-17(15)19/h4-11,13,18,21H,3,12H2,1-2H3. The Kier molecular flexibility index (Phi) is 5.95. The van der Waals surface area contributed by atoms with Gasteiger partial charge in [0.05, 0.1) is 0 Å². The SMILES string of the molecule is CCNC(Cc1cc(F)ccc1Br)C(C)c1ccccc1. The lowest BCUT2D eigenvalue weighted by molar-refractivity contribution is 0.456. The fourth-order valence-electron chi connectivity index (χ4n) is 2.61. The highest BCUT2D eigenvalue weighted by Crippen LogP contribution is 2.25. The second kappa shape index (κ2) is 7.71. The highest BCUT2D eigenvalue weighted by atomic mass is 79.9. The maximum atomic E-state index is 13.5. The van der Waals surface area contributed by atoms with Crippen molar-refractivity contribution in [1.82, 2.24) is 5.32 Å². The number of benzene rings is 2. The molecule has 0 saturated heterocycles. The van der Waals surface area contributed by atoms with Gasteiger partial charge >= 0.3 is 0 Å². The maximum absolute atomic E-state index is 13.5. The van der Waals surface area contributed by atoms with E-state index < -0.39 is 0 Å². The van der Waals surface area contributed by atoms with Gasteiger partial charge in [0.2, 0.25) is 0 Å². The zero-order valence-electron chi connectivity index (χ0n) is 12.4. The smallest absolute Gasteiger partial charge is 0.123 e. The Bertz CT molecular complexity index is 571. The minimum Gasteiger partial charge on any atom is -0.313 e. The fraction of sp³-hybridized carbons (Fsp3) is 0.333. The molecule has 0 bridgehead atoms. The molecular weight excluding hydrogens is 329 g/mol. The van der Waals surface area contributed by atoms with Crippen LogP contribution < -0.4 is 5.32 Å². The number of halogens is 2. The molecule has 1 nitrogen and oxygen atoms in total. The van der Waals surface area contributed by atoms with Crippen LogP contribution in [0.2, 0.25) is 0 Å². The lowest BCUT2D eigenvalue weighted by atomic mass is 9.89. The first kappa shape index (κ1) is 16.2. The third-order valence-corrected chi connectivity index (χ3v) is 4.62. The molecule has 0 aliphatic rings. The van der Waals surface area contributed by atoms with Crippen LogP contribution in [0.4, 0.5) is 4.39 Å². The minimum atomic E-state index is -0.184. The van der Waals surface area contributed by atoms with Crippen LogP contribution in [0.1, 0.15) is 30.9 Å². The Morgan fingerprint density at radius 1 is 1.14 bits per heavy atom. The zero-order chi connectivity index (χ0) is 15.2. The Morgan fingerprint density at radius 2 is 1.86 bits per heavy atom. The quantitative estimate of drug-likeness (QED) is 0.780. The molecule has 2 aromatic carbocycles. The summed E-state index contributed by atoms with van der Waals surface area (Å²) in [4.78, 5) is 0. The number of likely N-dealkylation sites (N-methyl/N-ethyl adjacent to an activating group) is 1. The lowest BCUT2D eigenvalue weighted by Crippen LogP contribution is -2.35. The van der Waals surface area contributed by atoms with Gasteiger partial charge in [0.15, 0.2) is 0 Å². The van der Waals surface area contributed by atoms with Crippen LogP contribution in [0.15, 0.2) is 53.0 Å². The van der Waals surface area contributed by atoms with E-state index in [2.05, 4.69) is 59.4 Å². The van der Waals surface area contributed by atoms with Crippen molar-refractivity contribution < 1.29 is 4.39 Å². The van der Waals surface area contributed by atoms with Crippen LogP contribution in [0.5, 0.6) is 0 Å². The molecule has 2 rings (SSSR count). The van der Waals surface area contributed by atoms with Gasteiger partial charge in [-0.1, -0.05) is 60.1 Å². The van der Waals surface area contributed by atoms with Crippen molar-refractivity contribution in [1.29, 1.82) is 0 Å². The average molecular weight is 350 g/mol. The van der Waals surface area contributed by atoms with E-state index >= 15 is 0 Å². The van der Waals surface area contributed by atoms with Gasteiger partial charge in [-0.05, 0) is 48.2 Å². The molecule has 0 aromatic heterocycles. The molecule has 1 N–H and O–H groups in total. The first-order chi connectivity index (χ1) is 10.1. The molecule has 0 heterocycles. The molecule has 2 unspecified atom stereocenters. The molecule has 0 fully saturated rings. The Labute approximate surface area is 134 Å². The predicted molar refractivity (Wildman–Crippen MR) is 90.1 cm³/mol. The van der Waals surface area contributed by atoms with E-state index in [9.17, 15) is 4.39 Å². The van der Waals surface area contributed by atoms with Gasteiger partial charge in [-0.2, -0.15) is 0 Å². The van der Waals surface area contributed by atoms with Gasteiger partial charge in [-0.15, -0.1) is 0 Å². The summed E-state index contributed by atoms with van der Waals surface area (Å²) in [5, 5.41) is 3.53. The highest BCUT2D eigenvalue weighted by molar-refractivity contribution is 9.10. The second-order valence-electron chi connectivity index (χ2n) is 5.30. The third-order valence-electron chi connectivity index (χ3n) is 3.84. The van der Waals surface area contributed by atoms with E-state index in [0.29, 0.717) is 5.92 Å². The van der Waals surface area contributed by atoms with E-state index in [-0.39, 0.29) is 11.9 Å². The molecule has 112 valence electrons. The number of hydrogen-bond acceptors (Lipinski definition) is 1. The molecule has 0 radical (unpaired) electrons. The first-order valence-corrected chi connectivity index (χ1v) is 8.13. The van der Waals surface area contributed by atoms with Crippen LogP contribution in [0, 0.1) is 5.82 Å². The van der Waals surface area contributed by atoms with Crippen molar-refractivity contribution >= 4 is 15.9 Å². The van der Waals surface area contributed by atoms with Crippen LogP contribution in [0.25, 0.3) is 0 Å². The van der Waals surface area contributed by atoms with Gasteiger partial charge in [0.1, 0.15) is 5.82 Å². The predicted octanol–water partition coefficient (Wildman–Crippen LogP) is 4.91.